The summed E-state index contributed by atoms with van der Waals surface area (Å²) in [6.45, 7) is 10.6. The predicted octanol–water partition coefficient (Wildman–Crippen LogP) is 3.44. The van der Waals surface area contributed by atoms with E-state index < -0.39 is 0 Å². The lowest BCUT2D eigenvalue weighted by atomic mass is 9.82. The number of rotatable bonds is 4. The van der Waals surface area contributed by atoms with Crippen LogP contribution in [0.1, 0.15) is 52.4 Å². The van der Waals surface area contributed by atoms with Crippen LogP contribution in [0.15, 0.2) is 0 Å². The van der Waals surface area contributed by atoms with Crippen molar-refractivity contribution in [3.05, 3.63) is 0 Å². The van der Waals surface area contributed by atoms with Gasteiger partial charge in [-0.2, -0.15) is 0 Å². The van der Waals surface area contributed by atoms with E-state index in [1.54, 1.807) is 0 Å². The maximum absolute atomic E-state index is 2.36. The normalized spacial score (nSPS) is 34.0. The topological polar surface area (TPSA) is 0 Å². The molecule has 1 saturated carbocycles. The molecule has 1 aliphatic carbocycles. The minimum absolute atomic E-state index is 1.09. The van der Waals surface area contributed by atoms with Gasteiger partial charge in [-0.25, -0.2) is 0 Å². The van der Waals surface area contributed by atoms with Crippen LogP contribution in [0.3, 0.4) is 0 Å². The summed E-state index contributed by atoms with van der Waals surface area (Å²) in [5, 5.41) is 0. The Balaban J connectivity index is 2.01. The van der Waals surface area contributed by atoms with Gasteiger partial charge in [0.15, 0.2) is 0 Å². The smallest absolute Gasteiger partial charge is 0.0820 e. The van der Waals surface area contributed by atoms with Crippen LogP contribution < -0.4 is 0 Å². The van der Waals surface area contributed by atoms with Crippen molar-refractivity contribution in [2.45, 2.75) is 52.4 Å². The number of likely N-dealkylation sites (tertiary alicyclic amines) is 1. The lowest BCUT2D eigenvalue weighted by Gasteiger charge is -2.34. The Bertz CT molecular complexity index is 178. The highest BCUT2D eigenvalue weighted by molar-refractivity contribution is 4.80. The fraction of sp³-hybridized carbons (Fsp3) is 1.00. The molecule has 1 saturated heterocycles. The molecule has 2 aliphatic rings. The zero-order valence-corrected chi connectivity index (χ0v) is 10.7. The number of quaternary nitrogens is 1. The van der Waals surface area contributed by atoms with Crippen molar-refractivity contribution in [3.8, 4) is 0 Å². The van der Waals surface area contributed by atoms with Crippen LogP contribution >= 0.6 is 0 Å². The van der Waals surface area contributed by atoms with Crippen LogP contribution in [0.2, 0.25) is 0 Å². The van der Waals surface area contributed by atoms with E-state index in [9.17, 15) is 0 Å². The Hall–Kier alpha value is -0.0400. The summed E-state index contributed by atoms with van der Waals surface area (Å²) in [5.74, 6) is 2.19. The summed E-state index contributed by atoms with van der Waals surface area (Å²) in [6.07, 6.45) is 8.86. The van der Waals surface area contributed by atoms with Gasteiger partial charge < -0.3 is 4.48 Å². The largest absolute Gasteiger partial charge is 0.323 e. The number of hydrogen-bond acceptors (Lipinski definition) is 0. The van der Waals surface area contributed by atoms with Crippen molar-refractivity contribution in [2.75, 3.05) is 26.2 Å². The maximum Gasteiger partial charge on any atom is 0.0820 e. The second-order valence-electron chi connectivity index (χ2n) is 5.96. The van der Waals surface area contributed by atoms with Gasteiger partial charge in [0.05, 0.1) is 26.2 Å². The average Bonchev–Trinajstić information content (AvgIpc) is 2.56. The first kappa shape index (κ1) is 11.4. The van der Waals surface area contributed by atoms with Crippen molar-refractivity contribution < 1.29 is 4.48 Å². The van der Waals surface area contributed by atoms with Gasteiger partial charge in [-0.3, -0.25) is 0 Å². The Morgan fingerprint density at radius 3 is 1.73 bits per heavy atom. The summed E-state index contributed by atoms with van der Waals surface area (Å²) in [4.78, 5) is 0. The standard InChI is InChI=1S/C14H28N/c1-3-9-15(10-4-2)11-13-7-5-6-8-14(13)12-15/h13-14H,3-12H2,1-2H3/q+1/t13-,14-/m0/s1. The van der Waals surface area contributed by atoms with Crippen LogP contribution in [0.25, 0.3) is 0 Å². The second-order valence-corrected chi connectivity index (χ2v) is 5.96. The summed E-state index contributed by atoms with van der Waals surface area (Å²) in [7, 11) is 0. The zero-order valence-electron chi connectivity index (χ0n) is 10.7. The molecule has 0 aromatic carbocycles. The molecule has 0 aromatic rings. The van der Waals surface area contributed by atoms with E-state index in [1.807, 2.05) is 0 Å². The van der Waals surface area contributed by atoms with E-state index in [0.29, 0.717) is 0 Å². The molecule has 2 atom stereocenters. The first-order valence-corrected chi connectivity index (χ1v) is 7.15. The van der Waals surface area contributed by atoms with E-state index in [2.05, 4.69) is 13.8 Å². The first-order chi connectivity index (χ1) is 7.29. The molecule has 1 nitrogen and oxygen atoms in total. The van der Waals surface area contributed by atoms with Gasteiger partial charge in [0.2, 0.25) is 0 Å². The first-order valence-electron chi connectivity index (χ1n) is 7.15. The van der Waals surface area contributed by atoms with E-state index in [1.165, 1.54) is 69.2 Å². The fourth-order valence-electron chi connectivity index (χ4n) is 4.26. The lowest BCUT2D eigenvalue weighted by Crippen LogP contribution is -2.47. The van der Waals surface area contributed by atoms with Gasteiger partial charge >= 0.3 is 0 Å². The van der Waals surface area contributed by atoms with Crippen LogP contribution in [0.4, 0.5) is 0 Å². The van der Waals surface area contributed by atoms with Gasteiger partial charge in [-0.05, 0) is 25.7 Å². The molecule has 88 valence electrons. The highest BCUT2D eigenvalue weighted by Crippen LogP contribution is 2.40. The molecule has 0 radical (unpaired) electrons. The molecular weight excluding hydrogens is 182 g/mol. The number of fused-ring (bicyclic) bond motifs is 1. The molecular formula is C14H28N+. The highest BCUT2D eigenvalue weighted by atomic mass is 15.4. The van der Waals surface area contributed by atoms with Crippen LogP contribution in [0, 0.1) is 11.8 Å². The zero-order chi connectivity index (χ0) is 10.7. The third-order valence-corrected chi connectivity index (χ3v) is 4.71. The number of hydrogen-bond donors (Lipinski definition) is 0. The van der Waals surface area contributed by atoms with Crippen molar-refractivity contribution in [2.24, 2.45) is 11.8 Å². The molecule has 0 aromatic heterocycles. The van der Waals surface area contributed by atoms with Crippen LogP contribution in [-0.4, -0.2) is 30.7 Å². The second kappa shape index (κ2) is 4.86. The molecule has 0 amide bonds. The molecule has 0 bridgehead atoms. The van der Waals surface area contributed by atoms with E-state index in [-0.39, 0.29) is 0 Å². The molecule has 1 heterocycles. The van der Waals surface area contributed by atoms with Crippen molar-refractivity contribution in [3.63, 3.8) is 0 Å². The average molecular weight is 210 g/mol. The van der Waals surface area contributed by atoms with Crippen molar-refractivity contribution >= 4 is 0 Å². The molecule has 0 unspecified atom stereocenters. The molecule has 15 heavy (non-hydrogen) atoms. The maximum atomic E-state index is 2.36. The van der Waals surface area contributed by atoms with Crippen LogP contribution in [0.5, 0.6) is 0 Å². The Kier molecular flexibility index (Phi) is 3.71. The van der Waals surface area contributed by atoms with E-state index in [0.717, 1.165) is 11.8 Å². The van der Waals surface area contributed by atoms with E-state index >= 15 is 0 Å². The molecule has 2 rings (SSSR count). The number of nitrogens with zero attached hydrogens (tertiary/aromatic N) is 1. The summed E-state index contributed by atoms with van der Waals surface area (Å²) in [6, 6.07) is 0. The predicted molar refractivity (Wildman–Crippen MR) is 65.8 cm³/mol. The molecule has 1 heteroatoms. The van der Waals surface area contributed by atoms with Gasteiger partial charge in [-0.1, -0.05) is 26.7 Å². The minimum Gasteiger partial charge on any atom is -0.323 e. The van der Waals surface area contributed by atoms with Gasteiger partial charge in [0.25, 0.3) is 0 Å². The molecule has 2 fully saturated rings. The van der Waals surface area contributed by atoms with Gasteiger partial charge in [-0.15, -0.1) is 0 Å². The Morgan fingerprint density at radius 1 is 0.867 bits per heavy atom. The van der Waals surface area contributed by atoms with E-state index in [4.69, 9.17) is 0 Å². The van der Waals surface area contributed by atoms with Crippen molar-refractivity contribution in [1.82, 2.24) is 0 Å². The van der Waals surface area contributed by atoms with Gasteiger partial charge in [0.1, 0.15) is 0 Å². The fourth-order valence-corrected chi connectivity index (χ4v) is 4.26. The summed E-state index contributed by atoms with van der Waals surface area (Å²) >= 11 is 0. The minimum atomic E-state index is 1.09. The summed E-state index contributed by atoms with van der Waals surface area (Å²) < 4.78 is 1.47. The van der Waals surface area contributed by atoms with Crippen LogP contribution in [-0.2, 0) is 0 Å². The highest BCUT2D eigenvalue weighted by Gasteiger charge is 2.44. The van der Waals surface area contributed by atoms with Crippen molar-refractivity contribution in [1.29, 1.82) is 0 Å². The third-order valence-electron chi connectivity index (χ3n) is 4.71. The monoisotopic (exact) mass is 210 g/mol. The summed E-state index contributed by atoms with van der Waals surface area (Å²) in [5.41, 5.74) is 0. The molecule has 0 spiro atoms. The molecule has 0 N–H and O–H groups in total. The SMILES string of the molecule is CCC[N+]1(CCC)C[C@@H]2CCCC[C@H]2C1. The Morgan fingerprint density at radius 2 is 1.33 bits per heavy atom. The Labute approximate surface area is 95.4 Å². The molecule has 1 aliphatic heterocycles. The quantitative estimate of drug-likeness (QED) is 0.624. The van der Waals surface area contributed by atoms with Gasteiger partial charge in [0, 0.05) is 11.8 Å². The lowest BCUT2D eigenvalue weighted by molar-refractivity contribution is -0.919. The third kappa shape index (κ3) is 2.38.